The van der Waals surface area contributed by atoms with Gasteiger partial charge in [-0.2, -0.15) is 0 Å². The maximum absolute atomic E-state index is 11.8. The minimum absolute atomic E-state index is 0.432. The summed E-state index contributed by atoms with van der Waals surface area (Å²) >= 11 is 0. The molecule has 3 aromatic rings. The first kappa shape index (κ1) is 26.5. The van der Waals surface area contributed by atoms with E-state index < -0.39 is 10.0 Å². The topological polar surface area (TPSA) is 64.6 Å². The molecule has 0 aliphatic heterocycles. The molecule has 200 valence electrons. The molecule has 2 aliphatic carbocycles. The summed E-state index contributed by atoms with van der Waals surface area (Å²) in [6.07, 6.45) is 11.5. The maximum Gasteiger partial charge on any atom is 0.229 e. The maximum atomic E-state index is 11.8. The quantitative estimate of drug-likeness (QED) is 0.350. The largest absolute Gasteiger partial charge is 0.494 e. The van der Waals surface area contributed by atoms with Crippen LogP contribution in [0.15, 0.2) is 66.7 Å². The highest BCUT2D eigenvalue weighted by molar-refractivity contribution is 7.92. The predicted octanol–water partition coefficient (Wildman–Crippen LogP) is 6.72. The van der Waals surface area contributed by atoms with Crippen LogP contribution >= 0.6 is 0 Å². The van der Waals surface area contributed by atoms with Crippen LogP contribution in [0.5, 0.6) is 5.75 Å². The molecule has 0 amide bonds. The summed E-state index contributed by atoms with van der Waals surface area (Å²) in [5.74, 6) is 1.65. The molecule has 0 atom stereocenters. The highest BCUT2D eigenvalue weighted by atomic mass is 32.2. The molecule has 0 bridgehead atoms. The second-order valence-electron chi connectivity index (χ2n) is 10.5. The van der Waals surface area contributed by atoms with Crippen molar-refractivity contribution < 1.29 is 17.9 Å². The number of methoxy groups -OCH3 is 1. The van der Waals surface area contributed by atoms with Crippen molar-refractivity contribution in [2.24, 2.45) is 5.92 Å². The van der Waals surface area contributed by atoms with Gasteiger partial charge in [0.05, 0.1) is 19.0 Å². The molecule has 3 aromatic carbocycles. The molecule has 5 nitrogen and oxygen atoms in total. The molecule has 0 unspecified atom stereocenters. The van der Waals surface area contributed by atoms with Crippen molar-refractivity contribution in [3.05, 3.63) is 94.5 Å². The molecule has 2 aliphatic rings. The fourth-order valence-corrected chi connectivity index (χ4v) is 6.33. The zero-order valence-corrected chi connectivity index (χ0v) is 23.1. The number of hydrogen-bond donors (Lipinski definition) is 1. The average Bonchev–Trinajstić information content (AvgIpc) is 3.05. The van der Waals surface area contributed by atoms with E-state index in [1.807, 2.05) is 25.3 Å². The third kappa shape index (κ3) is 6.66. The van der Waals surface area contributed by atoms with Crippen molar-refractivity contribution in [1.29, 1.82) is 0 Å². The van der Waals surface area contributed by atoms with Gasteiger partial charge in [0.2, 0.25) is 10.0 Å². The number of hydrogen-bond acceptors (Lipinski definition) is 4. The highest BCUT2D eigenvalue weighted by Crippen LogP contribution is 2.37. The van der Waals surface area contributed by atoms with Crippen LogP contribution in [-0.2, 0) is 27.6 Å². The van der Waals surface area contributed by atoms with Crippen molar-refractivity contribution in [1.82, 2.24) is 0 Å². The van der Waals surface area contributed by atoms with E-state index in [0.717, 1.165) is 61.5 Å². The van der Waals surface area contributed by atoms with Crippen molar-refractivity contribution in [3.8, 4) is 5.75 Å². The van der Waals surface area contributed by atoms with Crippen LogP contribution in [0.1, 0.15) is 59.9 Å². The summed E-state index contributed by atoms with van der Waals surface area (Å²) in [4.78, 5) is 0. The fourth-order valence-electron chi connectivity index (χ4n) is 5.77. The minimum Gasteiger partial charge on any atom is -0.494 e. The van der Waals surface area contributed by atoms with Gasteiger partial charge in [-0.1, -0.05) is 42.5 Å². The van der Waals surface area contributed by atoms with E-state index in [9.17, 15) is 8.42 Å². The zero-order valence-electron chi connectivity index (χ0n) is 22.3. The monoisotopic (exact) mass is 531 g/mol. The fraction of sp³-hybridized carbons (Fsp3) is 0.375. The molecule has 0 spiro atoms. The lowest BCUT2D eigenvalue weighted by Crippen LogP contribution is -2.21. The Morgan fingerprint density at radius 2 is 1.66 bits per heavy atom. The van der Waals surface area contributed by atoms with Gasteiger partial charge < -0.3 is 9.47 Å². The van der Waals surface area contributed by atoms with Crippen molar-refractivity contribution >= 4 is 27.4 Å². The number of ether oxygens (including phenoxy) is 2. The summed E-state index contributed by atoms with van der Waals surface area (Å²) in [6.45, 7) is 0.740. The Morgan fingerprint density at radius 3 is 2.45 bits per heavy atom. The van der Waals surface area contributed by atoms with Crippen molar-refractivity contribution in [2.75, 3.05) is 24.7 Å². The number of anilines is 1. The van der Waals surface area contributed by atoms with Crippen LogP contribution in [0, 0.1) is 5.92 Å². The molecule has 1 N–H and O–H groups in total. The summed E-state index contributed by atoms with van der Waals surface area (Å²) in [5, 5.41) is 0. The van der Waals surface area contributed by atoms with Gasteiger partial charge in [0, 0.05) is 12.8 Å². The Balaban J connectivity index is 1.38. The standard InChI is InChI=1S/C32H37NO4S/c1-36-28-14-10-23(11-15-28)18-19-37-29-16-17-31-26(22-29)13-12-25-7-3-4-9-30(25)32(31)21-24-6-5-8-27(20-24)33-38(2,34)35/h3-9,16-17,20-23,28,33H,10-15,18-19H2,1-2H3. The SMILES string of the molecule is COC1CCC(CCOc2ccc3c(c2)CCc2ccccc2C3=Cc2cccc(NS(C)(=O)=O)c2)CC1. The van der Waals surface area contributed by atoms with Crippen LogP contribution < -0.4 is 9.46 Å². The summed E-state index contributed by atoms with van der Waals surface area (Å²) in [6, 6.07) is 22.6. The molecule has 6 heteroatoms. The number of aryl methyl sites for hydroxylation is 2. The third-order valence-electron chi connectivity index (χ3n) is 7.76. The average molecular weight is 532 g/mol. The number of rotatable bonds is 8. The molecule has 38 heavy (non-hydrogen) atoms. The van der Waals surface area contributed by atoms with Crippen molar-refractivity contribution in [2.45, 2.75) is 51.0 Å². The smallest absolute Gasteiger partial charge is 0.229 e. The zero-order chi connectivity index (χ0) is 26.5. The molecule has 1 saturated carbocycles. The Morgan fingerprint density at radius 1 is 0.895 bits per heavy atom. The molecule has 0 heterocycles. The van der Waals surface area contributed by atoms with E-state index in [-0.39, 0.29) is 0 Å². The molecule has 0 radical (unpaired) electrons. The molecule has 0 aromatic heterocycles. The summed E-state index contributed by atoms with van der Waals surface area (Å²) in [7, 11) is -1.53. The summed E-state index contributed by atoms with van der Waals surface area (Å²) < 4.78 is 37.8. The molecule has 1 fully saturated rings. The lowest BCUT2D eigenvalue weighted by atomic mass is 9.85. The Bertz CT molecular complexity index is 1400. The summed E-state index contributed by atoms with van der Waals surface area (Å²) in [5.41, 5.74) is 7.65. The van der Waals surface area contributed by atoms with E-state index in [2.05, 4.69) is 53.3 Å². The van der Waals surface area contributed by atoms with E-state index in [1.54, 1.807) is 6.07 Å². The van der Waals surface area contributed by atoms with Gasteiger partial charge in [0.15, 0.2) is 0 Å². The van der Waals surface area contributed by atoms with Gasteiger partial charge in [-0.15, -0.1) is 0 Å². The molecule has 5 rings (SSSR count). The lowest BCUT2D eigenvalue weighted by molar-refractivity contribution is 0.0532. The second kappa shape index (κ2) is 11.7. The lowest BCUT2D eigenvalue weighted by Gasteiger charge is -2.27. The Hall–Kier alpha value is -3.09. The normalized spacial score (nSPS) is 20.3. The van der Waals surface area contributed by atoms with Crippen LogP contribution in [0.4, 0.5) is 5.69 Å². The van der Waals surface area contributed by atoms with E-state index >= 15 is 0 Å². The van der Waals surface area contributed by atoms with Crippen LogP contribution in [0.3, 0.4) is 0 Å². The minimum atomic E-state index is -3.34. The van der Waals surface area contributed by atoms with Gasteiger partial charge in [0.1, 0.15) is 5.75 Å². The predicted molar refractivity (Wildman–Crippen MR) is 155 cm³/mol. The van der Waals surface area contributed by atoms with Crippen molar-refractivity contribution in [3.63, 3.8) is 0 Å². The number of sulfonamides is 1. The highest BCUT2D eigenvalue weighted by Gasteiger charge is 2.21. The van der Waals surface area contributed by atoms with E-state index in [1.165, 1.54) is 41.4 Å². The van der Waals surface area contributed by atoms with E-state index in [0.29, 0.717) is 11.8 Å². The first-order chi connectivity index (χ1) is 18.4. The van der Waals surface area contributed by atoms with Gasteiger partial charge in [0.25, 0.3) is 0 Å². The van der Waals surface area contributed by atoms with Crippen LogP contribution in [-0.4, -0.2) is 34.5 Å². The number of benzene rings is 3. The van der Waals surface area contributed by atoms with Gasteiger partial charge in [-0.25, -0.2) is 8.42 Å². The van der Waals surface area contributed by atoms with Crippen LogP contribution in [0.2, 0.25) is 0 Å². The first-order valence-electron chi connectivity index (χ1n) is 13.5. The number of nitrogens with one attached hydrogen (secondary N) is 1. The molecular formula is C32H37NO4S. The van der Waals surface area contributed by atoms with Gasteiger partial charge >= 0.3 is 0 Å². The van der Waals surface area contributed by atoms with Crippen LogP contribution in [0.25, 0.3) is 11.6 Å². The van der Waals surface area contributed by atoms with E-state index in [4.69, 9.17) is 9.47 Å². The molecule has 0 saturated heterocycles. The Kier molecular flexibility index (Phi) is 8.20. The second-order valence-corrected chi connectivity index (χ2v) is 12.3. The van der Waals surface area contributed by atoms with Gasteiger partial charge in [-0.05, 0) is 115 Å². The molecular weight excluding hydrogens is 494 g/mol. The third-order valence-corrected chi connectivity index (χ3v) is 8.37. The number of fused-ring (bicyclic) bond motifs is 2. The Labute approximate surface area is 226 Å². The van der Waals surface area contributed by atoms with Gasteiger partial charge in [-0.3, -0.25) is 4.72 Å². The first-order valence-corrected chi connectivity index (χ1v) is 15.4.